The van der Waals surface area contributed by atoms with Gasteiger partial charge in [0.2, 0.25) is 11.8 Å². The van der Waals surface area contributed by atoms with Crippen LogP contribution in [-0.2, 0) is 9.59 Å². The molecule has 6 heteroatoms. The van der Waals surface area contributed by atoms with Gasteiger partial charge in [-0.15, -0.1) is 0 Å². The van der Waals surface area contributed by atoms with Crippen LogP contribution in [0.25, 0.3) is 0 Å². The van der Waals surface area contributed by atoms with E-state index in [0.29, 0.717) is 0 Å². The highest BCUT2D eigenvalue weighted by Crippen LogP contribution is 2.10. The van der Waals surface area contributed by atoms with Crippen LogP contribution in [-0.4, -0.2) is 48.9 Å². The van der Waals surface area contributed by atoms with E-state index in [1.165, 1.54) is 0 Å². The number of hydrogen-bond donors (Lipinski definition) is 3. The third-order valence-corrected chi connectivity index (χ3v) is 2.54. The molecule has 15 heavy (non-hydrogen) atoms. The minimum atomic E-state index is -0.421. The molecule has 5 N–H and O–H groups in total. The molecule has 2 amide bonds. The average molecular weight is 214 g/mol. The number of rotatable bonds is 5. The van der Waals surface area contributed by atoms with Crippen molar-refractivity contribution in [2.75, 3.05) is 26.2 Å². The number of nitrogens with one attached hydrogen (secondary N) is 1. The van der Waals surface area contributed by atoms with Crippen molar-refractivity contribution in [3.63, 3.8) is 0 Å². The van der Waals surface area contributed by atoms with Gasteiger partial charge in [0, 0.05) is 6.04 Å². The summed E-state index contributed by atoms with van der Waals surface area (Å²) in [5.74, 6) is -0.843. The Labute approximate surface area is 89.0 Å². The molecular formula is C9H18N4O2. The highest BCUT2D eigenvalue weighted by Gasteiger charge is 2.23. The molecule has 0 bridgehead atoms. The number of nitrogens with two attached hydrogens (primary N) is 2. The first-order valence-electron chi connectivity index (χ1n) is 5.11. The summed E-state index contributed by atoms with van der Waals surface area (Å²) in [6.07, 6.45) is 1.83. The summed E-state index contributed by atoms with van der Waals surface area (Å²) in [4.78, 5) is 23.5. The number of primary amides is 2. The van der Waals surface area contributed by atoms with E-state index >= 15 is 0 Å². The van der Waals surface area contributed by atoms with Gasteiger partial charge in [-0.1, -0.05) is 0 Å². The summed E-state index contributed by atoms with van der Waals surface area (Å²) in [5, 5.41) is 3.22. The molecule has 6 nitrogen and oxygen atoms in total. The Morgan fingerprint density at radius 2 is 1.60 bits per heavy atom. The minimum absolute atomic E-state index is 0.105. The highest BCUT2D eigenvalue weighted by molar-refractivity contribution is 5.79. The SMILES string of the molecule is NC(=O)CN(CC(N)=O)C1CCNCC1. The predicted octanol–water partition coefficient (Wildman–Crippen LogP) is -1.99. The second-order valence-electron chi connectivity index (χ2n) is 3.82. The van der Waals surface area contributed by atoms with Crippen molar-refractivity contribution >= 4 is 11.8 Å². The van der Waals surface area contributed by atoms with Gasteiger partial charge in [-0.25, -0.2) is 0 Å². The van der Waals surface area contributed by atoms with E-state index in [-0.39, 0.29) is 19.1 Å². The van der Waals surface area contributed by atoms with Gasteiger partial charge in [0.05, 0.1) is 13.1 Å². The van der Waals surface area contributed by atoms with Crippen molar-refractivity contribution < 1.29 is 9.59 Å². The molecule has 0 spiro atoms. The maximum absolute atomic E-state index is 10.8. The van der Waals surface area contributed by atoms with Crippen molar-refractivity contribution in [1.82, 2.24) is 10.2 Å². The molecule has 1 aliphatic heterocycles. The second kappa shape index (κ2) is 5.67. The fraction of sp³-hybridized carbons (Fsp3) is 0.778. The smallest absolute Gasteiger partial charge is 0.231 e. The van der Waals surface area contributed by atoms with E-state index < -0.39 is 11.8 Å². The number of carbonyl (C=O) groups excluding carboxylic acids is 2. The van der Waals surface area contributed by atoms with Crippen LogP contribution in [0.2, 0.25) is 0 Å². The van der Waals surface area contributed by atoms with Crippen LogP contribution in [0.1, 0.15) is 12.8 Å². The van der Waals surface area contributed by atoms with Crippen LogP contribution in [0.4, 0.5) is 0 Å². The van der Waals surface area contributed by atoms with E-state index in [1.807, 2.05) is 0 Å². The topological polar surface area (TPSA) is 101 Å². The summed E-state index contributed by atoms with van der Waals surface area (Å²) < 4.78 is 0. The Balaban J connectivity index is 2.52. The normalized spacial score (nSPS) is 17.9. The molecule has 1 aliphatic rings. The van der Waals surface area contributed by atoms with Crippen molar-refractivity contribution in [3.05, 3.63) is 0 Å². The molecule has 0 saturated carbocycles. The van der Waals surface area contributed by atoms with Gasteiger partial charge >= 0.3 is 0 Å². The minimum Gasteiger partial charge on any atom is -0.369 e. The van der Waals surface area contributed by atoms with Gasteiger partial charge in [-0.3, -0.25) is 14.5 Å². The molecule has 0 radical (unpaired) electrons. The fourth-order valence-corrected chi connectivity index (χ4v) is 1.89. The van der Waals surface area contributed by atoms with Crippen LogP contribution in [0.5, 0.6) is 0 Å². The molecule has 0 atom stereocenters. The zero-order chi connectivity index (χ0) is 11.3. The Bertz CT molecular complexity index is 222. The molecule has 0 aromatic carbocycles. The number of amides is 2. The van der Waals surface area contributed by atoms with Crippen molar-refractivity contribution in [2.45, 2.75) is 18.9 Å². The first-order chi connectivity index (χ1) is 7.09. The third-order valence-electron chi connectivity index (χ3n) is 2.54. The molecular weight excluding hydrogens is 196 g/mol. The van der Waals surface area contributed by atoms with Gasteiger partial charge in [0.25, 0.3) is 0 Å². The van der Waals surface area contributed by atoms with E-state index in [4.69, 9.17) is 11.5 Å². The number of nitrogens with zero attached hydrogens (tertiary/aromatic N) is 1. The lowest BCUT2D eigenvalue weighted by Gasteiger charge is -2.32. The first-order valence-corrected chi connectivity index (χ1v) is 5.11. The third kappa shape index (κ3) is 4.26. The Hall–Kier alpha value is -1.14. The Kier molecular flexibility index (Phi) is 4.51. The zero-order valence-corrected chi connectivity index (χ0v) is 8.74. The molecule has 0 aromatic rings. The van der Waals surface area contributed by atoms with Crippen molar-refractivity contribution in [2.24, 2.45) is 11.5 Å². The summed E-state index contributed by atoms with van der Waals surface area (Å²) in [6.45, 7) is 2.01. The lowest BCUT2D eigenvalue weighted by molar-refractivity contribution is -0.123. The summed E-state index contributed by atoms with van der Waals surface area (Å²) in [7, 11) is 0. The van der Waals surface area contributed by atoms with Crippen LogP contribution < -0.4 is 16.8 Å². The number of piperidine rings is 1. The Morgan fingerprint density at radius 1 is 1.13 bits per heavy atom. The summed E-state index contributed by atoms with van der Waals surface area (Å²) >= 11 is 0. The summed E-state index contributed by atoms with van der Waals surface area (Å²) in [6, 6.07) is 0.228. The quantitative estimate of drug-likeness (QED) is 0.493. The first kappa shape index (κ1) is 11.9. The van der Waals surface area contributed by atoms with Crippen LogP contribution in [0, 0.1) is 0 Å². The van der Waals surface area contributed by atoms with Gasteiger partial charge in [-0.05, 0) is 25.9 Å². The zero-order valence-electron chi connectivity index (χ0n) is 8.74. The lowest BCUT2D eigenvalue weighted by atomic mass is 10.0. The van der Waals surface area contributed by atoms with Gasteiger partial charge in [0.1, 0.15) is 0 Å². The maximum atomic E-state index is 10.8. The van der Waals surface area contributed by atoms with E-state index in [0.717, 1.165) is 25.9 Å². The number of carbonyl (C=O) groups is 2. The van der Waals surface area contributed by atoms with Crippen molar-refractivity contribution in [1.29, 1.82) is 0 Å². The molecule has 1 saturated heterocycles. The monoisotopic (exact) mass is 214 g/mol. The van der Waals surface area contributed by atoms with Crippen LogP contribution in [0.3, 0.4) is 0 Å². The van der Waals surface area contributed by atoms with Gasteiger partial charge in [0.15, 0.2) is 0 Å². The molecule has 0 unspecified atom stereocenters. The molecule has 0 aromatic heterocycles. The van der Waals surface area contributed by atoms with Crippen LogP contribution in [0.15, 0.2) is 0 Å². The van der Waals surface area contributed by atoms with Crippen molar-refractivity contribution in [3.8, 4) is 0 Å². The van der Waals surface area contributed by atoms with Crippen LogP contribution >= 0.6 is 0 Å². The Morgan fingerprint density at radius 3 is 2.00 bits per heavy atom. The maximum Gasteiger partial charge on any atom is 0.231 e. The van der Waals surface area contributed by atoms with Gasteiger partial charge in [-0.2, -0.15) is 0 Å². The lowest BCUT2D eigenvalue weighted by Crippen LogP contribution is -2.49. The standard InChI is InChI=1S/C9H18N4O2/c10-8(14)5-13(6-9(11)15)7-1-3-12-4-2-7/h7,12H,1-6H2,(H2,10,14)(H2,11,15). The molecule has 86 valence electrons. The predicted molar refractivity (Wildman–Crippen MR) is 55.9 cm³/mol. The van der Waals surface area contributed by atoms with E-state index in [2.05, 4.69) is 5.32 Å². The average Bonchev–Trinajstić information content (AvgIpc) is 2.17. The number of hydrogen-bond acceptors (Lipinski definition) is 4. The molecule has 0 aliphatic carbocycles. The second-order valence-corrected chi connectivity index (χ2v) is 3.82. The molecule has 1 fully saturated rings. The molecule has 1 rings (SSSR count). The van der Waals surface area contributed by atoms with E-state index in [9.17, 15) is 9.59 Å². The highest BCUT2D eigenvalue weighted by atomic mass is 16.2. The summed E-state index contributed by atoms with van der Waals surface area (Å²) in [5.41, 5.74) is 10.3. The van der Waals surface area contributed by atoms with Gasteiger partial charge < -0.3 is 16.8 Å². The fourth-order valence-electron chi connectivity index (χ4n) is 1.89. The van der Waals surface area contributed by atoms with E-state index in [1.54, 1.807) is 4.90 Å². The largest absolute Gasteiger partial charge is 0.369 e. The molecule has 1 heterocycles.